The van der Waals surface area contributed by atoms with Gasteiger partial charge >= 0.3 is 5.97 Å². The van der Waals surface area contributed by atoms with Gasteiger partial charge in [0.25, 0.3) is 0 Å². The molecular weight excluding hydrogens is 264 g/mol. The predicted molar refractivity (Wildman–Crippen MR) is 71.4 cm³/mol. The van der Waals surface area contributed by atoms with Gasteiger partial charge in [0.1, 0.15) is 11.6 Å². The summed E-state index contributed by atoms with van der Waals surface area (Å²) < 4.78 is 27.5. The maximum atomic E-state index is 14.0. The second kappa shape index (κ2) is 5.87. The molecule has 1 heterocycles. The number of likely N-dealkylation sites (tertiary alicyclic amines) is 1. The Labute approximate surface area is 117 Å². The van der Waals surface area contributed by atoms with E-state index in [1.54, 1.807) is 0 Å². The Bertz CT molecular complexity index is 511. The van der Waals surface area contributed by atoms with Crippen LogP contribution in [0.2, 0.25) is 0 Å². The largest absolute Gasteiger partial charge is 0.481 e. The second-order valence-corrected chi connectivity index (χ2v) is 5.45. The molecule has 0 aliphatic carbocycles. The second-order valence-electron chi connectivity index (χ2n) is 5.45. The van der Waals surface area contributed by atoms with E-state index in [0.717, 1.165) is 0 Å². The maximum Gasteiger partial charge on any atom is 0.306 e. The summed E-state index contributed by atoms with van der Waals surface area (Å²) in [6.45, 7) is 4.54. The quantitative estimate of drug-likeness (QED) is 0.926. The highest BCUT2D eigenvalue weighted by atomic mass is 19.1. The first-order valence-electron chi connectivity index (χ1n) is 6.82. The Morgan fingerprint density at radius 2 is 1.90 bits per heavy atom. The third kappa shape index (κ3) is 2.98. The summed E-state index contributed by atoms with van der Waals surface area (Å²) >= 11 is 0. The number of carboxylic acids is 1. The predicted octanol–water partition coefficient (Wildman–Crippen LogP) is 3.13. The van der Waals surface area contributed by atoms with E-state index in [4.69, 9.17) is 5.11 Å². The third-order valence-corrected chi connectivity index (χ3v) is 4.15. The van der Waals surface area contributed by atoms with Crippen molar-refractivity contribution in [3.05, 3.63) is 34.9 Å². The molecule has 1 fully saturated rings. The molecule has 1 N–H and O–H groups in total. The molecule has 1 aromatic rings. The smallest absolute Gasteiger partial charge is 0.306 e. The zero-order chi connectivity index (χ0) is 14.9. The highest BCUT2D eigenvalue weighted by Crippen LogP contribution is 2.29. The number of aliphatic carboxylic acids is 1. The number of carbonyl (C=O) groups is 1. The molecule has 1 atom stereocenters. The van der Waals surface area contributed by atoms with Crippen LogP contribution in [-0.4, -0.2) is 29.1 Å². The lowest BCUT2D eigenvalue weighted by Gasteiger charge is -2.35. The molecule has 1 saturated heterocycles. The van der Waals surface area contributed by atoms with Crippen LogP contribution in [0.4, 0.5) is 8.78 Å². The summed E-state index contributed by atoms with van der Waals surface area (Å²) in [4.78, 5) is 12.9. The number of hydrogen-bond acceptors (Lipinski definition) is 2. The van der Waals surface area contributed by atoms with Gasteiger partial charge in [-0.3, -0.25) is 9.69 Å². The van der Waals surface area contributed by atoms with Gasteiger partial charge in [-0.15, -0.1) is 0 Å². The van der Waals surface area contributed by atoms with Gasteiger partial charge in [-0.25, -0.2) is 8.78 Å². The van der Waals surface area contributed by atoms with Gasteiger partial charge < -0.3 is 5.11 Å². The fourth-order valence-corrected chi connectivity index (χ4v) is 2.71. The van der Waals surface area contributed by atoms with Crippen molar-refractivity contribution in [3.63, 3.8) is 0 Å². The van der Waals surface area contributed by atoms with Crippen LogP contribution < -0.4 is 0 Å². The Balaban J connectivity index is 2.11. The summed E-state index contributed by atoms with van der Waals surface area (Å²) in [5.41, 5.74) is 0.630. The van der Waals surface area contributed by atoms with E-state index >= 15 is 0 Å². The number of benzene rings is 1. The lowest BCUT2D eigenvalue weighted by atomic mass is 9.94. The van der Waals surface area contributed by atoms with E-state index in [2.05, 4.69) is 0 Å². The van der Waals surface area contributed by atoms with Crippen molar-refractivity contribution >= 4 is 5.97 Å². The van der Waals surface area contributed by atoms with E-state index in [-0.39, 0.29) is 12.0 Å². The highest BCUT2D eigenvalue weighted by Gasteiger charge is 2.28. The van der Waals surface area contributed by atoms with Gasteiger partial charge in [0, 0.05) is 11.6 Å². The summed E-state index contributed by atoms with van der Waals surface area (Å²) in [6, 6.07) is 2.21. The molecule has 0 saturated carbocycles. The van der Waals surface area contributed by atoms with Crippen LogP contribution in [0.3, 0.4) is 0 Å². The lowest BCUT2D eigenvalue weighted by molar-refractivity contribution is -0.143. The average Bonchev–Trinajstić information content (AvgIpc) is 2.42. The molecule has 0 radical (unpaired) electrons. The van der Waals surface area contributed by atoms with Crippen LogP contribution in [0.1, 0.15) is 36.9 Å². The molecule has 1 unspecified atom stereocenters. The third-order valence-electron chi connectivity index (χ3n) is 4.15. The first kappa shape index (κ1) is 14.9. The molecule has 20 heavy (non-hydrogen) atoms. The van der Waals surface area contributed by atoms with Gasteiger partial charge in [-0.2, -0.15) is 0 Å². The van der Waals surface area contributed by atoms with E-state index < -0.39 is 17.6 Å². The Morgan fingerprint density at radius 3 is 2.45 bits per heavy atom. The van der Waals surface area contributed by atoms with Crippen molar-refractivity contribution in [2.24, 2.45) is 5.92 Å². The standard InChI is InChI=1S/C15H19F2NO2/c1-9-7-14(17)12(8-13(9)16)10(2)18-5-3-11(4-6-18)15(19)20/h7-8,10-11H,3-6H2,1-2H3,(H,19,20). The number of nitrogens with zero attached hydrogens (tertiary/aromatic N) is 1. The van der Waals surface area contributed by atoms with Crippen LogP contribution in [0.25, 0.3) is 0 Å². The van der Waals surface area contributed by atoms with E-state index in [1.807, 2.05) is 11.8 Å². The molecule has 1 aliphatic rings. The molecule has 0 spiro atoms. The number of aryl methyl sites for hydroxylation is 1. The molecule has 5 heteroatoms. The summed E-state index contributed by atoms with van der Waals surface area (Å²) in [7, 11) is 0. The van der Waals surface area contributed by atoms with Crippen molar-refractivity contribution in [3.8, 4) is 0 Å². The van der Waals surface area contributed by atoms with E-state index in [1.165, 1.54) is 19.1 Å². The minimum atomic E-state index is -0.773. The first-order valence-corrected chi connectivity index (χ1v) is 6.82. The molecule has 0 amide bonds. The van der Waals surface area contributed by atoms with Crippen LogP contribution >= 0.6 is 0 Å². The van der Waals surface area contributed by atoms with Gasteiger partial charge in [0.2, 0.25) is 0 Å². The zero-order valence-corrected chi connectivity index (χ0v) is 11.7. The summed E-state index contributed by atoms with van der Waals surface area (Å²) in [5, 5.41) is 8.96. The number of rotatable bonds is 3. The Hall–Kier alpha value is -1.49. The topological polar surface area (TPSA) is 40.5 Å². The van der Waals surface area contributed by atoms with Gasteiger partial charge in [0.15, 0.2) is 0 Å². The van der Waals surface area contributed by atoms with Crippen LogP contribution in [0.5, 0.6) is 0 Å². The average molecular weight is 283 g/mol. The van der Waals surface area contributed by atoms with Crippen molar-refractivity contribution in [1.29, 1.82) is 0 Å². The van der Waals surface area contributed by atoms with Crippen LogP contribution in [0.15, 0.2) is 12.1 Å². The Morgan fingerprint density at radius 1 is 1.30 bits per heavy atom. The molecule has 0 aromatic heterocycles. The summed E-state index contributed by atoms with van der Waals surface area (Å²) in [6.07, 6.45) is 1.10. The van der Waals surface area contributed by atoms with Gasteiger partial charge in [-0.05, 0) is 57.5 Å². The molecule has 1 aromatic carbocycles. The van der Waals surface area contributed by atoms with Crippen LogP contribution in [0, 0.1) is 24.5 Å². The zero-order valence-electron chi connectivity index (χ0n) is 11.7. The van der Waals surface area contributed by atoms with E-state index in [0.29, 0.717) is 37.1 Å². The lowest BCUT2D eigenvalue weighted by Crippen LogP contribution is -2.38. The molecule has 3 nitrogen and oxygen atoms in total. The molecule has 110 valence electrons. The van der Waals surface area contributed by atoms with Gasteiger partial charge in [0.05, 0.1) is 5.92 Å². The molecule has 1 aliphatic heterocycles. The van der Waals surface area contributed by atoms with Crippen molar-refractivity contribution in [2.75, 3.05) is 13.1 Å². The number of carboxylic acid groups (broad SMARTS) is 1. The van der Waals surface area contributed by atoms with Crippen molar-refractivity contribution < 1.29 is 18.7 Å². The maximum absolute atomic E-state index is 14.0. The van der Waals surface area contributed by atoms with Crippen LogP contribution in [-0.2, 0) is 4.79 Å². The van der Waals surface area contributed by atoms with E-state index in [9.17, 15) is 13.6 Å². The molecule has 0 bridgehead atoms. The highest BCUT2D eigenvalue weighted by molar-refractivity contribution is 5.70. The summed E-state index contributed by atoms with van der Waals surface area (Å²) in [5.74, 6) is -1.91. The van der Waals surface area contributed by atoms with Gasteiger partial charge in [-0.1, -0.05) is 0 Å². The van der Waals surface area contributed by atoms with Crippen molar-refractivity contribution in [1.82, 2.24) is 4.90 Å². The number of halogens is 2. The monoisotopic (exact) mass is 283 g/mol. The SMILES string of the molecule is Cc1cc(F)c(C(C)N2CCC(C(=O)O)CC2)cc1F. The molecule has 2 rings (SSSR count). The minimum Gasteiger partial charge on any atom is -0.481 e. The Kier molecular flexibility index (Phi) is 4.38. The minimum absolute atomic E-state index is 0.250. The number of hydrogen-bond donors (Lipinski definition) is 1. The first-order chi connectivity index (χ1) is 9.40. The number of piperidine rings is 1. The van der Waals surface area contributed by atoms with Crippen molar-refractivity contribution in [2.45, 2.75) is 32.7 Å². The molecular formula is C15H19F2NO2. The normalized spacial score (nSPS) is 19.0. The fraction of sp³-hybridized carbons (Fsp3) is 0.533. The fourth-order valence-electron chi connectivity index (χ4n) is 2.71.